The van der Waals surface area contributed by atoms with Crippen molar-refractivity contribution in [1.82, 2.24) is 0 Å². The van der Waals surface area contributed by atoms with Crippen LogP contribution in [0, 0.1) is 12.8 Å². The third-order valence-corrected chi connectivity index (χ3v) is 2.48. The van der Waals surface area contributed by atoms with Crippen LogP contribution in [0.25, 0.3) is 0 Å². The molecule has 0 bridgehead atoms. The number of allylic oxidation sites excluding steroid dienone is 2. The van der Waals surface area contributed by atoms with E-state index in [4.69, 9.17) is 5.11 Å². The van der Waals surface area contributed by atoms with Crippen LogP contribution in [0.3, 0.4) is 0 Å². The van der Waals surface area contributed by atoms with E-state index in [2.05, 4.69) is 20.8 Å². The van der Waals surface area contributed by atoms with Crippen LogP contribution in [0.2, 0.25) is 0 Å². The molecule has 3 heteroatoms. The number of aliphatic hydroxyl groups is 1. The Morgan fingerprint density at radius 3 is 2.25 bits per heavy atom. The Labute approximate surface area is 124 Å². The van der Waals surface area contributed by atoms with Gasteiger partial charge in [-0.25, -0.2) is 0 Å². The smallest absolute Gasteiger partial charge is 0.513 e. The predicted octanol–water partition coefficient (Wildman–Crippen LogP) is 1.65. The van der Waals surface area contributed by atoms with E-state index in [9.17, 15) is 0 Å². The van der Waals surface area contributed by atoms with E-state index in [1.54, 1.807) is 0 Å². The summed E-state index contributed by atoms with van der Waals surface area (Å²) >= 11 is 0. The molecule has 0 aromatic rings. The Balaban J connectivity index is -0.000000249. The molecule has 0 aliphatic heterocycles. The van der Waals surface area contributed by atoms with E-state index in [1.165, 1.54) is 32.1 Å². The van der Waals surface area contributed by atoms with Gasteiger partial charge in [0.05, 0.1) is 5.76 Å². The van der Waals surface area contributed by atoms with Gasteiger partial charge in [0, 0.05) is 23.5 Å². The SMILES string of the molecule is CCCCC1C=C(O)CC1.[CH2-]CCC.[Cu].[Li+]. The summed E-state index contributed by atoms with van der Waals surface area (Å²) in [5.74, 6) is 1.29. The number of unbranched alkanes of at least 4 members (excludes halogenated alkanes) is 2. The summed E-state index contributed by atoms with van der Waals surface area (Å²) in [7, 11) is 0. The van der Waals surface area contributed by atoms with Gasteiger partial charge >= 0.3 is 18.9 Å². The first-order valence-corrected chi connectivity index (χ1v) is 5.93. The van der Waals surface area contributed by atoms with Gasteiger partial charge in [-0.05, 0) is 24.8 Å². The maximum absolute atomic E-state index is 9.06. The molecule has 0 saturated heterocycles. The zero-order valence-electron chi connectivity index (χ0n) is 11.1. The molecule has 1 aliphatic carbocycles. The van der Waals surface area contributed by atoms with E-state index in [0.29, 0.717) is 11.7 Å². The summed E-state index contributed by atoms with van der Waals surface area (Å²) in [6.07, 6.45) is 10.2. The largest absolute Gasteiger partial charge is 1.00 e. The maximum Gasteiger partial charge on any atom is 1.00 e. The maximum atomic E-state index is 9.06. The molecular weight excluding hydrogens is 243 g/mol. The second-order valence-corrected chi connectivity index (χ2v) is 3.95. The fourth-order valence-corrected chi connectivity index (χ4v) is 1.47. The summed E-state index contributed by atoms with van der Waals surface area (Å²) in [4.78, 5) is 0. The quantitative estimate of drug-likeness (QED) is 0.607. The summed E-state index contributed by atoms with van der Waals surface area (Å²) in [6, 6.07) is 0. The fraction of sp³-hybridized carbons (Fsp3) is 0.769. The molecule has 16 heavy (non-hydrogen) atoms. The van der Waals surface area contributed by atoms with Gasteiger partial charge < -0.3 is 12.0 Å². The topological polar surface area (TPSA) is 20.2 Å². The molecule has 1 atom stereocenters. The Bertz CT molecular complexity index is 158. The van der Waals surface area contributed by atoms with Gasteiger partial charge in [-0.2, -0.15) is 6.42 Å². The first-order chi connectivity index (χ1) is 6.74. The molecule has 0 aromatic heterocycles. The monoisotopic (exact) mass is 267 g/mol. The van der Waals surface area contributed by atoms with Gasteiger partial charge in [-0.15, -0.1) is 0 Å². The third-order valence-electron chi connectivity index (χ3n) is 2.48. The van der Waals surface area contributed by atoms with E-state index in [-0.39, 0.29) is 35.9 Å². The number of hydrogen-bond donors (Lipinski definition) is 1. The van der Waals surface area contributed by atoms with Crippen molar-refractivity contribution in [2.45, 2.75) is 58.8 Å². The van der Waals surface area contributed by atoms with Crippen molar-refractivity contribution < 1.29 is 41.0 Å². The molecule has 0 aromatic carbocycles. The number of aliphatic hydroxyl groups excluding tert-OH is 1. The molecule has 1 unspecified atom stereocenters. The van der Waals surface area contributed by atoms with Crippen molar-refractivity contribution >= 4 is 0 Å². The molecule has 1 N–H and O–H groups in total. The van der Waals surface area contributed by atoms with Crippen LogP contribution in [-0.4, -0.2) is 5.11 Å². The normalized spacial score (nSPS) is 17.4. The minimum absolute atomic E-state index is 0. The van der Waals surface area contributed by atoms with Crippen molar-refractivity contribution in [3.8, 4) is 0 Å². The molecule has 0 spiro atoms. The molecule has 0 amide bonds. The standard InChI is InChI=1S/C9H16O.C4H9.Cu.Li/c1-2-3-4-8-5-6-9(10)7-8;1-3-4-2;;/h7-8,10H,2-6H2,1H3;1,3-4H2,2H3;;/q;-1;;+1. The average molecular weight is 268 g/mol. The second-order valence-electron chi connectivity index (χ2n) is 3.95. The summed E-state index contributed by atoms with van der Waals surface area (Å²) in [5, 5.41) is 9.06. The molecule has 0 saturated carbocycles. The minimum atomic E-state index is 0. The van der Waals surface area contributed by atoms with Crippen LogP contribution in [0.4, 0.5) is 0 Å². The second kappa shape index (κ2) is 15.7. The first-order valence-electron chi connectivity index (χ1n) is 5.93. The number of rotatable bonds is 4. The third kappa shape index (κ3) is 12.7. The minimum Gasteiger partial charge on any atom is -0.513 e. The summed E-state index contributed by atoms with van der Waals surface area (Å²) in [6.45, 7) is 7.93. The zero-order chi connectivity index (χ0) is 10.8. The molecule has 1 radical (unpaired) electrons. The molecule has 1 rings (SSSR count). The van der Waals surface area contributed by atoms with Crippen LogP contribution < -0.4 is 18.9 Å². The Morgan fingerprint density at radius 2 is 1.94 bits per heavy atom. The van der Waals surface area contributed by atoms with Gasteiger partial charge in [0.2, 0.25) is 0 Å². The van der Waals surface area contributed by atoms with Crippen LogP contribution in [0.1, 0.15) is 58.8 Å². The summed E-state index contributed by atoms with van der Waals surface area (Å²) in [5.41, 5.74) is 0. The van der Waals surface area contributed by atoms with Crippen molar-refractivity contribution in [2.75, 3.05) is 0 Å². The van der Waals surface area contributed by atoms with Gasteiger partial charge in [0.25, 0.3) is 0 Å². The van der Waals surface area contributed by atoms with Gasteiger partial charge in [0.15, 0.2) is 0 Å². The molecule has 95 valence electrons. The van der Waals surface area contributed by atoms with Crippen molar-refractivity contribution in [2.24, 2.45) is 5.92 Å². The van der Waals surface area contributed by atoms with E-state index >= 15 is 0 Å². The Morgan fingerprint density at radius 1 is 1.38 bits per heavy atom. The molecule has 1 aliphatic rings. The Hall–Kier alpha value is 0.657. The average Bonchev–Trinajstić information content (AvgIpc) is 2.61. The molecular formula is C13H25CuLiO. The van der Waals surface area contributed by atoms with Gasteiger partial charge in [0.1, 0.15) is 0 Å². The van der Waals surface area contributed by atoms with E-state index in [0.717, 1.165) is 12.8 Å². The van der Waals surface area contributed by atoms with E-state index in [1.807, 2.05) is 6.08 Å². The van der Waals surface area contributed by atoms with Crippen molar-refractivity contribution in [1.29, 1.82) is 0 Å². The van der Waals surface area contributed by atoms with Crippen LogP contribution in [0.15, 0.2) is 11.8 Å². The van der Waals surface area contributed by atoms with Crippen molar-refractivity contribution in [3.05, 3.63) is 18.8 Å². The van der Waals surface area contributed by atoms with Crippen LogP contribution >= 0.6 is 0 Å². The van der Waals surface area contributed by atoms with Gasteiger partial charge in [-0.1, -0.05) is 33.1 Å². The van der Waals surface area contributed by atoms with Crippen LogP contribution in [-0.2, 0) is 17.1 Å². The fourth-order valence-electron chi connectivity index (χ4n) is 1.47. The molecule has 0 heterocycles. The summed E-state index contributed by atoms with van der Waals surface area (Å²) < 4.78 is 0. The zero-order valence-corrected chi connectivity index (χ0v) is 12.0. The first kappa shape index (κ1) is 21.9. The molecule has 0 fully saturated rings. The Kier molecular flexibility index (Phi) is 21.4. The predicted molar refractivity (Wildman–Crippen MR) is 63.2 cm³/mol. The van der Waals surface area contributed by atoms with Crippen LogP contribution in [0.5, 0.6) is 0 Å². The molecule has 1 nitrogen and oxygen atoms in total. The van der Waals surface area contributed by atoms with Gasteiger partial charge in [-0.3, -0.25) is 0 Å². The van der Waals surface area contributed by atoms with E-state index < -0.39 is 0 Å². The van der Waals surface area contributed by atoms with Crippen molar-refractivity contribution in [3.63, 3.8) is 0 Å². The number of hydrogen-bond acceptors (Lipinski definition) is 1.